The Morgan fingerprint density at radius 2 is 1.88 bits per heavy atom. The summed E-state index contributed by atoms with van der Waals surface area (Å²) in [5, 5.41) is 21.7. The largest absolute Gasteiger partial charge is 0.496 e. The highest BCUT2D eigenvalue weighted by Crippen LogP contribution is 2.26. The molecule has 0 saturated carbocycles. The first-order valence-electron chi connectivity index (χ1n) is 6.92. The van der Waals surface area contributed by atoms with Gasteiger partial charge < -0.3 is 4.74 Å². The lowest BCUT2D eigenvalue weighted by Gasteiger charge is -2.11. The van der Waals surface area contributed by atoms with Crippen molar-refractivity contribution in [3.63, 3.8) is 0 Å². The molecule has 24 heavy (non-hydrogen) atoms. The average Bonchev–Trinajstić information content (AvgIpc) is 2.55. The summed E-state index contributed by atoms with van der Waals surface area (Å²) in [6, 6.07) is 8.20. The van der Waals surface area contributed by atoms with Gasteiger partial charge in [-0.15, -0.1) is 0 Å². The number of aryl methyl sites for hydroxylation is 1. The van der Waals surface area contributed by atoms with Crippen LogP contribution in [0.15, 0.2) is 36.4 Å². The molecule has 0 aliphatic rings. The Labute approximate surface area is 137 Å². The average molecular weight is 330 g/mol. The molecule has 0 unspecified atom stereocenters. The van der Waals surface area contributed by atoms with E-state index >= 15 is 0 Å². The Morgan fingerprint density at radius 3 is 2.46 bits per heavy atom. The van der Waals surface area contributed by atoms with E-state index in [9.17, 15) is 25.0 Å². The van der Waals surface area contributed by atoms with Gasteiger partial charge in [-0.25, -0.2) is 0 Å². The fourth-order valence-electron chi connectivity index (χ4n) is 2.35. The monoisotopic (exact) mass is 330 g/mol. The van der Waals surface area contributed by atoms with Crippen LogP contribution >= 0.6 is 0 Å². The highest BCUT2D eigenvalue weighted by molar-refractivity contribution is 6.10. The molecule has 8 nitrogen and oxygen atoms in total. The number of nitro benzene ring substituents is 1. The molecule has 0 aliphatic heterocycles. The molecule has 0 heterocycles. The van der Waals surface area contributed by atoms with E-state index in [1.807, 2.05) is 0 Å². The zero-order valence-corrected chi connectivity index (χ0v) is 13.0. The highest BCUT2D eigenvalue weighted by atomic mass is 16.6. The molecule has 0 aromatic heterocycles. The first kappa shape index (κ1) is 17.1. The quantitative estimate of drug-likeness (QED) is 0.457. The minimum atomic E-state index is -0.603. The Balaban J connectivity index is 2.55. The molecule has 0 bridgehead atoms. The molecule has 0 atom stereocenters. The fourth-order valence-corrected chi connectivity index (χ4v) is 2.35. The first-order chi connectivity index (χ1) is 11.3. The van der Waals surface area contributed by atoms with Gasteiger partial charge in [-0.1, -0.05) is 12.1 Å². The zero-order chi connectivity index (χ0) is 17.9. The van der Waals surface area contributed by atoms with Crippen LogP contribution in [-0.4, -0.2) is 22.7 Å². The third-order valence-corrected chi connectivity index (χ3v) is 3.48. The van der Waals surface area contributed by atoms with Crippen molar-refractivity contribution in [2.45, 2.75) is 13.5 Å². The van der Waals surface area contributed by atoms with Crippen molar-refractivity contribution < 1.29 is 19.4 Å². The molecule has 0 spiro atoms. The second kappa shape index (κ2) is 6.86. The van der Waals surface area contributed by atoms with Gasteiger partial charge in [0.25, 0.3) is 5.69 Å². The standard InChI is InChI=1S/C16H14N2O6/c1-10-6-14(12(9-17(20)21)8-15(10)24-2)16(19)11-4-3-5-13(7-11)18(22)23/h3-8H,9H2,1-2H3. The van der Waals surface area contributed by atoms with E-state index < -0.39 is 22.2 Å². The molecule has 2 aromatic carbocycles. The van der Waals surface area contributed by atoms with Crippen LogP contribution in [0.1, 0.15) is 27.0 Å². The summed E-state index contributed by atoms with van der Waals surface area (Å²) in [5.74, 6) is -0.0799. The van der Waals surface area contributed by atoms with E-state index in [1.54, 1.807) is 6.92 Å². The molecule has 124 valence electrons. The molecule has 2 aromatic rings. The van der Waals surface area contributed by atoms with Crippen molar-refractivity contribution in [2.24, 2.45) is 0 Å². The summed E-state index contributed by atoms with van der Waals surface area (Å²) >= 11 is 0. The lowest BCUT2D eigenvalue weighted by atomic mass is 9.95. The predicted molar refractivity (Wildman–Crippen MR) is 85.0 cm³/mol. The molecule has 0 amide bonds. The number of carbonyl (C=O) groups is 1. The van der Waals surface area contributed by atoms with Gasteiger partial charge in [0.1, 0.15) is 5.75 Å². The molecule has 0 aliphatic carbocycles. The van der Waals surface area contributed by atoms with Crippen molar-refractivity contribution in [1.82, 2.24) is 0 Å². The van der Waals surface area contributed by atoms with Gasteiger partial charge in [-0.05, 0) is 24.6 Å². The number of hydrogen-bond donors (Lipinski definition) is 0. The van der Waals surface area contributed by atoms with E-state index in [2.05, 4.69) is 0 Å². The summed E-state index contributed by atoms with van der Waals surface area (Å²) in [4.78, 5) is 33.3. The highest BCUT2D eigenvalue weighted by Gasteiger charge is 2.20. The van der Waals surface area contributed by atoms with Crippen molar-refractivity contribution in [1.29, 1.82) is 0 Å². The van der Waals surface area contributed by atoms with Crippen LogP contribution in [-0.2, 0) is 6.54 Å². The fraction of sp³-hybridized carbons (Fsp3) is 0.188. The number of nitro groups is 2. The summed E-state index contributed by atoms with van der Waals surface area (Å²) in [6.45, 7) is 1.16. The van der Waals surface area contributed by atoms with Gasteiger partial charge in [-0.3, -0.25) is 25.0 Å². The van der Waals surface area contributed by atoms with Crippen molar-refractivity contribution in [2.75, 3.05) is 7.11 Å². The maximum atomic E-state index is 12.7. The number of ketones is 1. The molecule has 0 radical (unpaired) electrons. The molecule has 8 heteroatoms. The van der Waals surface area contributed by atoms with Gasteiger partial charge in [0.15, 0.2) is 5.78 Å². The predicted octanol–water partition coefficient (Wildman–Crippen LogP) is 2.92. The minimum Gasteiger partial charge on any atom is -0.496 e. The SMILES string of the molecule is COc1cc(C[N+](=O)[O-])c(C(=O)c2cccc([N+](=O)[O-])c2)cc1C. The molecule has 2 rings (SSSR count). The van der Waals surface area contributed by atoms with E-state index in [0.717, 1.165) is 6.07 Å². The van der Waals surface area contributed by atoms with Gasteiger partial charge in [0.2, 0.25) is 6.54 Å². The van der Waals surface area contributed by atoms with Gasteiger partial charge in [-0.2, -0.15) is 0 Å². The molecule has 0 fully saturated rings. The Bertz CT molecular complexity index is 831. The molecular formula is C16H14N2O6. The van der Waals surface area contributed by atoms with E-state index in [-0.39, 0.29) is 22.4 Å². The van der Waals surface area contributed by atoms with Crippen LogP contribution < -0.4 is 4.74 Å². The summed E-state index contributed by atoms with van der Waals surface area (Å²) < 4.78 is 5.14. The van der Waals surface area contributed by atoms with Crippen LogP contribution in [0.4, 0.5) is 5.69 Å². The van der Waals surface area contributed by atoms with E-state index in [4.69, 9.17) is 4.74 Å². The number of rotatable bonds is 6. The number of carbonyl (C=O) groups excluding carboxylic acids is 1. The zero-order valence-electron chi connectivity index (χ0n) is 13.0. The minimum absolute atomic E-state index is 0.0957. The molecule has 0 saturated heterocycles. The van der Waals surface area contributed by atoms with Crippen LogP contribution in [0.25, 0.3) is 0 Å². The number of hydrogen-bond acceptors (Lipinski definition) is 6. The topological polar surface area (TPSA) is 113 Å². The van der Waals surface area contributed by atoms with Crippen LogP contribution in [0.3, 0.4) is 0 Å². The number of methoxy groups -OCH3 is 1. The number of benzene rings is 2. The van der Waals surface area contributed by atoms with Gasteiger partial charge in [0, 0.05) is 33.7 Å². The maximum Gasteiger partial charge on any atom is 0.270 e. The smallest absolute Gasteiger partial charge is 0.270 e. The molecular weight excluding hydrogens is 316 g/mol. The first-order valence-corrected chi connectivity index (χ1v) is 6.92. The maximum absolute atomic E-state index is 12.7. The summed E-state index contributed by atoms with van der Waals surface area (Å²) in [5.41, 5.74) is 0.836. The lowest BCUT2D eigenvalue weighted by Crippen LogP contribution is -2.10. The third-order valence-electron chi connectivity index (χ3n) is 3.48. The number of nitrogens with zero attached hydrogens (tertiary/aromatic N) is 2. The number of ether oxygens (including phenoxy) is 1. The number of non-ortho nitro benzene ring substituents is 1. The van der Waals surface area contributed by atoms with E-state index in [1.165, 1.54) is 37.4 Å². The molecule has 0 N–H and O–H groups in total. The Hall–Kier alpha value is -3.29. The van der Waals surface area contributed by atoms with Crippen LogP contribution in [0.2, 0.25) is 0 Å². The third kappa shape index (κ3) is 3.54. The Kier molecular flexibility index (Phi) is 4.88. The second-order valence-corrected chi connectivity index (χ2v) is 5.11. The van der Waals surface area contributed by atoms with Crippen molar-refractivity contribution in [3.05, 3.63) is 78.9 Å². The van der Waals surface area contributed by atoms with Crippen molar-refractivity contribution >= 4 is 11.5 Å². The van der Waals surface area contributed by atoms with Gasteiger partial charge >= 0.3 is 0 Å². The van der Waals surface area contributed by atoms with Crippen molar-refractivity contribution in [3.8, 4) is 5.75 Å². The lowest BCUT2D eigenvalue weighted by molar-refractivity contribution is -0.496. The van der Waals surface area contributed by atoms with Crippen LogP contribution in [0.5, 0.6) is 5.75 Å². The van der Waals surface area contributed by atoms with Crippen LogP contribution in [0, 0.1) is 27.2 Å². The summed E-state index contributed by atoms with van der Waals surface area (Å²) in [7, 11) is 1.43. The van der Waals surface area contributed by atoms with E-state index in [0.29, 0.717) is 11.3 Å². The normalized spacial score (nSPS) is 10.2. The Morgan fingerprint density at radius 1 is 1.17 bits per heavy atom. The summed E-state index contributed by atoms with van der Waals surface area (Å²) in [6.07, 6.45) is 0. The second-order valence-electron chi connectivity index (χ2n) is 5.11. The van der Waals surface area contributed by atoms with Gasteiger partial charge in [0.05, 0.1) is 12.0 Å².